The molecule has 3 aromatic rings. The van der Waals surface area contributed by atoms with Crippen molar-refractivity contribution in [2.45, 2.75) is 13.8 Å². The van der Waals surface area contributed by atoms with Crippen LogP contribution in [0, 0.1) is 6.92 Å². The van der Waals surface area contributed by atoms with E-state index < -0.39 is 0 Å². The number of carbonyl (C=O) groups excluding carboxylic acids is 2. The first-order chi connectivity index (χ1) is 13.4. The van der Waals surface area contributed by atoms with Crippen LogP contribution in [0.3, 0.4) is 0 Å². The van der Waals surface area contributed by atoms with E-state index in [9.17, 15) is 9.59 Å². The summed E-state index contributed by atoms with van der Waals surface area (Å²) in [5.74, 6) is 0.237. The maximum absolute atomic E-state index is 12.4. The van der Waals surface area contributed by atoms with Gasteiger partial charge < -0.3 is 16.0 Å². The van der Waals surface area contributed by atoms with Gasteiger partial charge in [-0.25, -0.2) is 4.98 Å². The Morgan fingerprint density at radius 3 is 2.25 bits per heavy atom. The molecule has 28 heavy (non-hydrogen) atoms. The van der Waals surface area contributed by atoms with Gasteiger partial charge >= 0.3 is 0 Å². The van der Waals surface area contributed by atoms with E-state index in [1.807, 2.05) is 19.1 Å². The molecule has 3 N–H and O–H groups in total. The van der Waals surface area contributed by atoms with Crippen LogP contribution in [0.2, 0.25) is 5.02 Å². The van der Waals surface area contributed by atoms with Gasteiger partial charge in [-0.1, -0.05) is 11.6 Å². The van der Waals surface area contributed by atoms with Gasteiger partial charge in [0.05, 0.1) is 5.56 Å². The zero-order valence-corrected chi connectivity index (χ0v) is 16.2. The lowest BCUT2D eigenvalue weighted by atomic mass is 10.2. The lowest BCUT2D eigenvalue weighted by Crippen LogP contribution is -2.13. The monoisotopic (exact) mass is 394 g/mol. The van der Waals surface area contributed by atoms with Crippen LogP contribution in [0.15, 0.2) is 60.8 Å². The molecule has 0 atom stereocenters. The summed E-state index contributed by atoms with van der Waals surface area (Å²) in [5.41, 5.74) is 3.57. The molecule has 0 aliphatic heterocycles. The van der Waals surface area contributed by atoms with E-state index in [0.29, 0.717) is 22.1 Å². The molecule has 0 aliphatic rings. The highest BCUT2D eigenvalue weighted by molar-refractivity contribution is 6.30. The van der Waals surface area contributed by atoms with Gasteiger partial charge in [-0.15, -0.1) is 0 Å². The Hall–Kier alpha value is -3.38. The quantitative estimate of drug-likeness (QED) is 0.568. The summed E-state index contributed by atoms with van der Waals surface area (Å²) in [6, 6.07) is 16.0. The van der Waals surface area contributed by atoms with E-state index in [4.69, 9.17) is 11.6 Å². The largest absolute Gasteiger partial charge is 0.340 e. The molecular weight excluding hydrogens is 376 g/mol. The number of hydrogen-bond donors (Lipinski definition) is 3. The maximum Gasteiger partial charge on any atom is 0.257 e. The second-order valence-corrected chi connectivity index (χ2v) is 6.67. The Labute approximate surface area is 168 Å². The maximum atomic E-state index is 12.4. The molecule has 0 spiro atoms. The molecule has 1 aromatic heterocycles. The molecule has 142 valence electrons. The zero-order chi connectivity index (χ0) is 20.1. The number of nitrogens with one attached hydrogen (secondary N) is 3. The third-order valence-electron chi connectivity index (χ3n) is 3.94. The Kier molecular flexibility index (Phi) is 5.91. The number of nitrogens with zero attached hydrogens (tertiary/aromatic N) is 1. The average Bonchev–Trinajstić information content (AvgIpc) is 2.66. The van der Waals surface area contributed by atoms with Gasteiger partial charge in [-0.3, -0.25) is 9.59 Å². The summed E-state index contributed by atoms with van der Waals surface area (Å²) in [6.07, 6.45) is 1.51. The summed E-state index contributed by atoms with van der Waals surface area (Å²) >= 11 is 5.94. The Bertz CT molecular complexity index is 1000. The first-order valence-electron chi connectivity index (χ1n) is 8.59. The predicted molar refractivity (Wildman–Crippen MR) is 112 cm³/mol. The highest BCUT2D eigenvalue weighted by atomic mass is 35.5. The number of benzene rings is 2. The molecule has 6 nitrogen and oxygen atoms in total. The lowest BCUT2D eigenvalue weighted by Gasteiger charge is -2.10. The van der Waals surface area contributed by atoms with E-state index in [1.54, 1.807) is 42.5 Å². The topological polar surface area (TPSA) is 83.1 Å². The Balaban J connectivity index is 1.64. The molecule has 2 amide bonds. The van der Waals surface area contributed by atoms with Gasteiger partial charge in [0, 0.05) is 35.2 Å². The SMILES string of the molecule is CC(=O)Nc1ccc(Nc2ccc(C(=O)Nc3ccc(Cl)cc3C)cn2)cc1. The number of amides is 2. The first-order valence-corrected chi connectivity index (χ1v) is 8.97. The minimum Gasteiger partial charge on any atom is -0.340 e. The summed E-state index contributed by atoms with van der Waals surface area (Å²) < 4.78 is 0. The molecule has 0 unspecified atom stereocenters. The van der Waals surface area contributed by atoms with Gasteiger partial charge in [-0.2, -0.15) is 0 Å². The molecule has 0 bridgehead atoms. The van der Waals surface area contributed by atoms with Crippen molar-refractivity contribution in [3.05, 3.63) is 76.9 Å². The molecule has 0 saturated heterocycles. The van der Waals surface area contributed by atoms with Crippen molar-refractivity contribution < 1.29 is 9.59 Å². The first kappa shape index (κ1) is 19.4. The number of halogens is 1. The van der Waals surface area contributed by atoms with Crippen molar-refractivity contribution in [2.24, 2.45) is 0 Å². The predicted octanol–water partition coefficient (Wildman–Crippen LogP) is 5.00. The average molecular weight is 395 g/mol. The van der Waals surface area contributed by atoms with Crippen molar-refractivity contribution in [1.82, 2.24) is 4.98 Å². The highest BCUT2D eigenvalue weighted by Gasteiger charge is 2.09. The summed E-state index contributed by atoms with van der Waals surface area (Å²) in [5, 5.41) is 9.33. The fourth-order valence-electron chi connectivity index (χ4n) is 2.55. The van der Waals surface area contributed by atoms with Crippen molar-refractivity contribution in [1.29, 1.82) is 0 Å². The fraction of sp³-hybridized carbons (Fsp3) is 0.0952. The van der Waals surface area contributed by atoms with E-state index in [1.165, 1.54) is 13.1 Å². The van der Waals surface area contributed by atoms with Crippen LogP contribution < -0.4 is 16.0 Å². The van der Waals surface area contributed by atoms with Crippen molar-refractivity contribution >= 4 is 46.3 Å². The number of hydrogen-bond acceptors (Lipinski definition) is 4. The van der Waals surface area contributed by atoms with Crippen LogP contribution in [0.4, 0.5) is 22.9 Å². The third kappa shape index (κ3) is 5.08. The van der Waals surface area contributed by atoms with E-state index >= 15 is 0 Å². The summed E-state index contributed by atoms with van der Waals surface area (Å²) in [7, 11) is 0. The standard InChI is InChI=1S/C21H19ClN4O2/c1-13-11-16(22)4-9-19(13)26-21(28)15-3-10-20(23-12-15)25-18-7-5-17(6-8-18)24-14(2)27/h3-12H,1-2H3,(H,23,25)(H,24,27)(H,26,28). The molecule has 0 saturated carbocycles. The minimum atomic E-state index is -0.246. The van der Waals surface area contributed by atoms with Crippen LogP contribution >= 0.6 is 11.6 Å². The normalized spacial score (nSPS) is 10.2. The van der Waals surface area contributed by atoms with Gasteiger partial charge in [0.15, 0.2) is 0 Å². The van der Waals surface area contributed by atoms with Gasteiger partial charge in [0.1, 0.15) is 5.82 Å². The van der Waals surface area contributed by atoms with Crippen LogP contribution in [-0.2, 0) is 4.79 Å². The molecule has 0 fully saturated rings. The van der Waals surface area contributed by atoms with Crippen LogP contribution in [0.5, 0.6) is 0 Å². The van der Waals surface area contributed by atoms with Crippen molar-refractivity contribution in [3.63, 3.8) is 0 Å². The number of anilines is 4. The molecule has 0 aliphatic carbocycles. The van der Waals surface area contributed by atoms with E-state index in [0.717, 1.165) is 16.9 Å². The number of aromatic nitrogens is 1. The van der Waals surface area contributed by atoms with Crippen LogP contribution in [0.25, 0.3) is 0 Å². The summed E-state index contributed by atoms with van der Waals surface area (Å²) in [4.78, 5) is 27.7. The minimum absolute atomic E-state index is 0.120. The van der Waals surface area contributed by atoms with Crippen molar-refractivity contribution in [2.75, 3.05) is 16.0 Å². The van der Waals surface area contributed by atoms with Crippen LogP contribution in [0.1, 0.15) is 22.8 Å². The molecule has 3 rings (SSSR count). The lowest BCUT2D eigenvalue weighted by molar-refractivity contribution is -0.114. The third-order valence-corrected chi connectivity index (χ3v) is 4.18. The van der Waals surface area contributed by atoms with E-state index in [-0.39, 0.29) is 11.8 Å². The second-order valence-electron chi connectivity index (χ2n) is 6.23. The highest BCUT2D eigenvalue weighted by Crippen LogP contribution is 2.21. The molecule has 0 radical (unpaired) electrons. The fourth-order valence-corrected chi connectivity index (χ4v) is 2.78. The number of rotatable bonds is 5. The van der Waals surface area contributed by atoms with E-state index in [2.05, 4.69) is 20.9 Å². The van der Waals surface area contributed by atoms with Gasteiger partial charge in [0.2, 0.25) is 5.91 Å². The van der Waals surface area contributed by atoms with Gasteiger partial charge in [0.25, 0.3) is 5.91 Å². The van der Waals surface area contributed by atoms with Gasteiger partial charge in [-0.05, 0) is 67.1 Å². The van der Waals surface area contributed by atoms with Crippen molar-refractivity contribution in [3.8, 4) is 0 Å². The molecule has 2 aromatic carbocycles. The Morgan fingerprint density at radius 1 is 0.929 bits per heavy atom. The molecular formula is C21H19ClN4O2. The number of carbonyl (C=O) groups is 2. The molecule has 7 heteroatoms. The number of aryl methyl sites for hydroxylation is 1. The Morgan fingerprint density at radius 2 is 1.64 bits per heavy atom. The van der Waals surface area contributed by atoms with Crippen LogP contribution in [-0.4, -0.2) is 16.8 Å². The summed E-state index contributed by atoms with van der Waals surface area (Å²) in [6.45, 7) is 3.34. The smallest absolute Gasteiger partial charge is 0.257 e. The second kappa shape index (κ2) is 8.54. The molecule has 1 heterocycles. The zero-order valence-electron chi connectivity index (χ0n) is 15.4. The number of pyridine rings is 1.